The summed E-state index contributed by atoms with van der Waals surface area (Å²) in [6.07, 6.45) is 6.19. The third kappa shape index (κ3) is 3.36. The Bertz CT molecular complexity index is 1060. The van der Waals surface area contributed by atoms with Crippen molar-refractivity contribution < 1.29 is 0 Å². The summed E-state index contributed by atoms with van der Waals surface area (Å²) in [6, 6.07) is 9.84. The highest BCUT2D eigenvalue weighted by molar-refractivity contribution is 5.91. The molecule has 0 saturated carbocycles. The monoisotopic (exact) mass is 359 g/mol. The van der Waals surface area contributed by atoms with Gasteiger partial charge in [-0.25, -0.2) is 9.97 Å². The molecule has 0 bridgehead atoms. The number of rotatable bonds is 5. The van der Waals surface area contributed by atoms with Gasteiger partial charge in [-0.3, -0.25) is 14.6 Å². The molecule has 0 saturated heterocycles. The van der Waals surface area contributed by atoms with Crippen molar-refractivity contribution in [3.8, 4) is 11.4 Å². The first-order valence-electron chi connectivity index (χ1n) is 8.86. The lowest BCUT2D eigenvalue weighted by Crippen LogP contribution is -2.22. The van der Waals surface area contributed by atoms with Crippen molar-refractivity contribution in [2.24, 2.45) is 7.05 Å². The summed E-state index contributed by atoms with van der Waals surface area (Å²) >= 11 is 0. The van der Waals surface area contributed by atoms with E-state index in [1.54, 1.807) is 12.4 Å². The van der Waals surface area contributed by atoms with Crippen molar-refractivity contribution in [3.05, 3.63) is 60.3 Å². The lowest BCUT2D eigenvalue weighted by molar-refractivity contribution is 0.773. The number of aromatic nitrogens is 6. The average molecular weight is 359 g/mol. The van der Waals surface area contributed by atoms with Crippen molar-refractivity contribution in [2.75, 3.05) is 18.5 Å². The van der Waals surface area contributed by atoms with Crippen LogP contribution in [0.2, 0.25) is 0 Å². The Kier molecular flexibility index (Phi) is 4.50. The first kappa shape index (κ1) is 17.1. The van der Waals surface area contributed by atoms with Crippen LogP contribution in [-0.4, -0.2) is 43.3 Å². The van der Waals surface area contributed by atoms with E-state index in [1.165, 1.54) is 0 Å². The quantitative estimate of drug-likeness (QED) is 0.546. The highest BCUT2D eigenvalue weighted by atomic mass is 15.3. The summed E-state index contributed by atoms with van der Waals surface area (Å²) in [7, 11) is 3.96. The van der Waals surface area contributed by atoms with Crippen molar-refractivity contribution in [2.45, 2.75) is 13.3 Å². The van der Waals surface area contributed by atoms with Gasteiger partial charge in [-0.15, -0.1) is 0 Å². The number of hydrogen-bond acceptors (Lipinski definition) is 6. The largest absolute Gasteiger partial charge is 0.359 e. The Labute approximate surface area is 157 Å². The predicted molar refractivity (Wildman–Crippen MR) is 105 cm³/mol. The van der Waals surface area contributed by atoms with Crippen LogP contribution in [-0.2, 0) is 13.5 Å². The number of fused-ring (bicyclic) bond motifs is 1. The molecular formula is C20H21N7. The molecule has 27 heavy (non-hydrogen) atoms. The van der Waals surface area contributed by atoms with Crippen LogP contribution in [0.5, 0.6) is 0 Å². The number of aryl methyl sites for hydroxylation is 2. The van der Waals surface area contributed by atoms with Gasteiger partial charge in [-0.05, 0) is 31.2 Å². The van der Waals surface area contributed by atoms with E-state index < -0.39 is 0 Å². The smallest absolute Gasteiger partial charge is 0.165 e. The molecule has 0 atom stereocenters. The van der Waals surface area contributed by atoms with Gasteiger partial charge in [0.15, 0.2) is 11.5 Å². The first-order chi connectivity index (χ1) is 13.1. The number of likely N-dealkylation sites (N-methyl/N-ethyl adjacent to an activating group) is 1. The second kappa shape index (κ2) is 7.11. The van der Waals surface area contributed by atoms with Gasteiger partial charge in [-0.2, -0.15) is 5.10 Å². The molecule has 0 amide bonds. The molecule has 0 fully saturated rings. The van der Waals surface area contributed by atoms with Crippen LogP contribution in [0, 0.1) is 6.92 Å². The molecular weight excluding hydrogens is 338 g/mol. The van der Waals surface area contributed by atoms with E-state index >= 15 is 0 Å². The maximum atomic E-state index is 4.86. The van der Waals surface area contributed by atoms with Crippen LogP contribution in [0.15, 0.2) is 48.9 Å². The van der Waals surface area contributed by atoms with Crippen LogP contribution in [0.25, 0.3) is 22.4 Å². The number of nitrogens with zero attached hydrogens (tertiary/aromatic N) is 7. The van der Waals surface area contributed by atoms with Gasteiger partial charge in [0.2, 0.25) is 0 Å². The van der Waals surface area contributed by atoms with Gasteiger partial charge in [0.05, 0.1) is 11.1 Å². The molecule has 4 heterocycles. The first-order valence-corrected chi connectivity index (χ1v) is 8.86. The molecule has 7 heteroatoms. The van der Waals surface area contributed by atoms with Gasteiger partial charge in [0.1, 0.15) is 5.82 Å². The lowest BCUT2D eigenvalue weighted by atomic mass is 10.2. The fourth-order valence-corrected chi connectivity index (χ4v) is 3.15. The predicted octanol–water partition coefficient (Wildman–Crippen LogP) is 2.81. The summed E-state index contributed by atoms with van der Waals surface area (Å²) in [5.41, 5.74) is 3.69. The number of anilines is 1. The van der Waals surface area contributed by atoms with E-state index in [2.05, 4.69) is 20.0 Å². The van der Waals surface area contributed by atoms with Crippen molar-refractivity contribution in [1.29, 1.82) is 0 Å². The summed E-state index contributed by atoms with van der Waals surface area (Å²) < 4.78 is 1.81. The average Bonchev–Trinajstić information content (AvgIpc) is 3.00. The lowest BCUT2D eigenvalue weighted by Gasteiger charge is -2.19. The Balaban J connectivity index is 1.75. The molecule has 4 aromatic rings. The molecule has 0 aliphatic heterocycles. The maximum Gasteiger partial charge on any atom is 0.165 e. The summed E-state index contributed by atoms with van der Waals surface area (Å²) in [6.45, 7) is 2.79. The van der Waals surface area contributed by atoms with Crippen molar-refractivity contribution in [3.63, 3.8) is 0 Å². The minimum atomic E-state index is 0.651. The normalized spacial score (nSPS) is 11.1. The zero-order valence-electron chi connectivity index (χ0n) is 15.7. The maximum absolute atomic E-state index is 4.86. The van der Waals surface area contributed by atoms with Gasteiger partial charge >= 0.3 is 0 Å². The topological polar surface area (TPSA) is 72.6 Å². The van der Waals surface area contributed by atoms with E-state index in [-0.39, 0.29) is 0 Å². The van der Waals surface area contributed by atoms with Crippen LogP contribution in [0.1, 0.15) is 11.4 Å². The van der Waals surface area contributed by atoms with Gasteiger partial charge < -0.3 is 4.90 Å². The highest BCUT2D eigenvalue weighted by Crippen LogP contribution is 2.29. The van der Waals surface area contributed by atoms with E-state index in [9.17, 15) is 0 Å². The fraction of sp³-hybridized carbons (Fsp3) is 0.250. The molecule has 0 spiro atoms. The Morgan fingerprint density at radius 2 is 1.96 bits per heavy atom. The second-order valence-corrected chi connectivity index (χ2v) is 6.51. The molecule has 0 aliphatic carbocycles. The zero-order chi connectivity index (χ0) is 18.8. The van der Waals surface area contributed by atoms with E-state index in [4.69, 9.17) is 9.97 Å². The highest BCUT2D eigenvalue weighted by Gasteiger charge is 2.18. The molecule has 0 radical (unpaired) electrons. The minimum Gasteiger partial charge on any atom is -0.359 e. The summed E-state index contributed by atoms with van der Waals surface area (Å²) in [5.74, 6) is 1.53. The number of hydrogen-bond donors (Lipinski definition) is 0. The van der Waals surface area contributed by atoms with Crippen molar-refractivity contribution in [1.82, 2.24) is 29.7 Å². The van der Waals surface area contributed by atoms with Crippen LogP contribution in [0.4, 0.5) is 5.82 Å². The molecule has 0 aliphatic rings. The SMILES string of the molecule is Cc1nn(C)c2nc(-c3cccnc3)nc(N(C)CCc3ccccn3)c12. The number of pyridine rings is 2. The zero-order valence-corrected chi connectivity index (χ0v) is 15.7. The standard InChI is InChI=1S/C20H21N7/c1-14-17-19(26(2)12-9-16-8-4-5-11-22-16)23-18(15-7-6-10-21-13-15)24-20(17)27(3)25-14/h4-8,10-11,13H,9,12H2,1-3H3. The molecule has 0 unspecified atom stereocenters. The van der Waals surface area contributed by atoms with E-state index in [0.717, 1.165) is 46.8 Å². The second-order valence-electron chi connectivity index (χ2n) is 6.51. The van der Waals surface area contributed by atoms with Gasteiger partial charge in [0, 0.05) is 56.9 Å². The van der Waals surface area contributed by atoms with E-state index in [1.807, 2.05) is 62.2 Å². The van der Waals surface area contributed by atoms with Crippen LogP contribution >= 0.6 is 0 Å². The third-order valence-corrected chi connectivity index (χ3v) is 4.55. The Morgan fingerprint density at radius 3 is 2.70 bits per heavy atom. The minimum absolute atomic E-state index is 0.651. The van der Waals surface area contributed by atoms with E-state index in [0.29, 0.717) is 5.82 Å². The molecule has 0 aromatic carbocycles. The fourth-order valence-electron chi connectivity index (χ4n) is 3.15. The molecule has 4 aromatic heterocycles. The van der Waals surface area contributed by atoms with Crippen molar-refractivity contribution >= 4 is 16.9 Å². The molecule has 4 rings (SSSR count). The van der Waals surface area contributed by atoms with Gasteiger partial charge in [0.25, 0.3) is 0 Å². The molecule has 7 nitrogen and oxygen atoms in total. The summed E-state index contributed by atoms with van der Waals surface area (Å²) in [5, 5.41) is 5.53. The molecule has 0 N–H and O–H groups in total. The van der Waals surface area contributed by atoms with Crippen LogP contribution < -0.4 is 4.90 Å². The Morgan fingerprint density at radius 1 is 1.07 bits per heavy atom. The summed E-state index contributed by atoms with van der Waals surface area (Å²) in [4.78, 5) is 20.3. The van der Waals surface area contributed by atoms with Crippen LogP contribution in [0.3, 0.4) is 0 Å². The third-order valence-electron chi connectivity index (χ3n) is 4.55. The van der Waals surface area contributed by atoms with Gasteiger partial charge in [-0.1, -0.05) is 6.07 Å². The molecule has 136 valence electrons. The Hall–Kier alpha value is -3.35.